The summed E-state index contributed by atoms with van der Waals surface area (Å²) in [6.45, 7) is 4.57. The first-order chi connectivity index (χ1) is 7.24. The molecule has 0 aromatic heterocycles. The molecule has 5 heteroatoms. The second kappa shape index (κ2) is 5.59. The van der Waals surface area contributed by atoms with E-state index in [4.69, 9.17) is 0 Å². The third-order valence-corrected chi connectivity index (χ3v) is 11.6. The average Bonchev–Trinajstić information content (AvgIpc) is 3.14. The van der Waals surface area contributed by atoms with Crippen LogP contribution in [0.25, 0.3) is 0 Å². The van der Waals surface area contributed by atoms with Gasteiger partial charge < -0.3 is 0 Å². The van der Waals surface area contributed by atoms with Gasteiger partial charge in [0.15, 0.2) is 0 Å². The minimum atomic E-state index is 0.556. The zero-order valence-electron chi connectivity index (χ0n) is 9.28. The molecule has 2 saturated heterocycles. The van der Waals surface area contributed by atoms with Crippen LogP contribution in [0.15, 0.2) is 0 Å². The van der Waals surface area contributed by atoms with Gasteiger partial charge in [-0.3, -0.25) is 0 Å². The Kier molecular flexibility index (Phi) is 4.92. The molecule has 0 nitrogen and oxygen atoms in total. The zero-order valence-corrected chi connectivity index (χ0v) is 13.4. The highest BCUT2D eigenvalue weighted by Crippen LogP contribution is 2.74. The highest BCUT2D eigenvalue weighted by molar-refractivity contribution is 8.49. The Hall–Kier alpha value is 1.75. The quantitative estimate of drug-likeness (QED) is 0.464. The van der Waals surface area contributed by atoms with Crippen molar-refractivity contribution in [2.24, 2.45) is 0 Å². The minimum absolute atomic E-state index is 0.556. The summed E-state index contributed by atoms with van der Waals surface area (Å²) >= 11 is 10.9. The van der Waals surface area contributed by atoms with E-state index in [9.17, 15) is 0 Å². The summed E-state index contributed by atoms with van der Waals surface area (Å²) in [6, 6.07) is 0. The van der Waals surface area contributed by atoms with Crippen LogP contribution in [-0.4, -0.2) is 29.8 Å². The molecule has 2 unspecified atom stereocenters. The molecule has 0 aromatic rings. The maximum absolute atomic E-state index is 2.28. The molecule has 2 aliphatic heterocycles. The number of rotatable bonds is 8. The first-order valence-corrected chi connectivity index (χ1v) is 10.3. The van der Waals surface area contributed by atoms with Crippen molar-refractivity contribution in [1.29, 1.82) is 0 Å². The molecule has 0 aromatic carbocycles. The standard InChI is InChI=1S/C10H18S5/c1-3-5-11-9(7-13-9)15-10(8-14-10)12-6-4-2/h3-8H2,1-2H3. The molecule has 0 saturated carbocycles. The van der Waals surface area contributed by atoms with Crippen LogP contribution in [0.5, 0.6) is 0 Å². The van der Waals surface area contributed by atoms with Gasteiger partial charge in [-0.05, 0) is 24.3 Å². The lowest BCUT2D eigenvalue weighted by atomic mass is 10.6. The molecule has 2 rings (SSSR count). The molecule has 0 aliphatic carbocycles. The van der Waals surface area contributed by atoms with Gasteiger partial charge in [-0.1, -0.05) is 13.8 Å². The summed E-state index contributed by atoms with van der Waals surface area (Å²) in [4.78, 5) is 0. The van der Waals surface area contributed by atoms with Crippen LogP contribution in [-0.2, 0) is 0 Å². The Bertz CT molecular complexity index is 188. The number of hydrogen-bond donors (Lipinski definition) is 0. The van der Waals surface area contributed by atoms with Gasteiger partial charge in [-0.2, -0.15) is 0 Å². The highest BCUT2D eigenvalue weighted by Gasteiger charge is 2.57. The lowest BCUT2D eigenvalue weighted by Gasteiger charge is -2.18. The third-order valence-electron chi connectivity index (χ3n) is 2.12. The molecule has 2 aliphatic rings. The first kappa shape index (κ1) is 13.2. The van der Waals surface area contributed by atoms with Crippen molar-refractivity contribution in [2.75, 3.05) is 23.0 Å². The normalized spacial score (nSPS) is 38.0. The van der Waals surface area contributed by atoms with Crippen molar-refractivity contribution < 1.29 is 0 Å². The Morgan fingerprint density at radius 3 is 1.60 bits per heavy atom. The second-order valence-electron chi connectivity index (χ2n) is 3.74. The zero-order chi connectivity index (χ0) is 10.8. The fourth-order valence-electron chi connectivity index (χ4n) is 1.21. The minimum Gasteiger partial charge on any atom is -0.133 e. The Labute approximate surface area is 115 Å². The Morgan fingerprint density at radius 1 is 0.933 bits per heavy atom. The van der Waals surface area contributed by atoms with Crippen molar-refractivity contribution in [1.82, 2.24) is 0 Å². The topological polar surface area (TPSA) is 0 Å². The van der Waals surface area contributed by atoms with Crippen molar-refractivity contribution in [3.63, 3.8) is 0 Å². The number of hydrogen-bond acceptors (Lipinski definition) is 5. The van der Waals surface area contributed by atoms with E-state index in [0.29, 0.717) is 6.82 Å². The predicted molar refractivity (Wildman–Crippen MR) is 83.5 cm³/mol. The summed E-state index contributed by atoms with van der Waals surface area (Å²) in [5.74, 6) is 5.41. The average molecular weight is 299 g/mol. The molecule has 2 heterocycles. The Morgan fingerprint density at radius 2 is 1.33 bits per heavy atom. The van der Waals surface area contributed by atoms with E-state index in [0.717, 1.165) is 0 Å². The van der Waals surface area contributed by atoms with Crippen molar-refractivity contribution >= 4 is 58.8 Å². The molecule has 0 N–H and O–H groups in total. The van der Waals surface area contributed by atoms with Crippen molar-refractivity contribution in [3.8, 4) is 0 Å². The fourth-order valence-corrected chi connectivity index (χ4v) is 9.75. The van der Waals surface area contributed by atoms with Gasteiger partial charge in [-0.25, -0.2) is 0 Å². The van der Waals surface area contributed by atoms with Gasteiger partial charge in [0.25, 0.3) is 0 Å². The molecular formula is C10H18S5. The van der Waals surface area contributed by atoms with Gasteiger partial charge in [-0.15, -0.1) is 58.8 Å². The van der Waals surface area contributed by atoms with E-state index in [1.807, 2.05) is 0 Å². The van der Waals surface area contributed by atoms with Crippen LogP contribution in [0.2, 0.25) is 0 Å². The van der Waals surface area contributed by atoms with Gasteiger partial charge in [0.05, 0.1) is 0 Å². The van der Waals surface area contributed by atoms with E-state index in [2.05, 4.69) is 72.7 Å². The maximum Gasteiger partial charge on any atom is 0.118 e. The van der Waals surface area contributed by atoms with Gasteiger partial charge in [0, 0.05) is 11.5 Å². The van der Waals surface area contributed by atoms with Crippen LogP contribution >= 0.6 is 58.8 Å². The summed E-state index contributed by atoms with van der Waals surface area (Å²) in [7, 11) is 0. The van der Waals surface area contributed by atoms with Crippen LogP contribution < -0.4 is 0 Å². The third kappa shape index (κ3) is 3.87. The molecule has 0 spiro atoms. The summed E-state index contributed by atoms with van der Waals surface area (Å²) < 4.78 is 1.11. The van der Waals surface area contributed by atoms with E-state index in [1.165, 1.54) is 35.9 Å². The monoisotopic (exact) mass is 298 g/mol. The largest absolute Gasteiger partial charge is 0.133 e. The lowest BCUT2D eigenvalue weighted by molar-refractivity contribution is 1.10. The lowest BCUT2D eigenvalue weighted by Crippen LogP contribution is -2.08. The predicted octanol–water partition coefficient (Wildman–Crippen LogP) is 4.81. The molecule has 88 valence electrons. The number of thioether (sulfide) groups is 5. The van der Waals surface area contributed by atoms with Crippen molar-refractivity contribution in [2.45, 2.75) is 33.5 Å². The van der Waals surface area contributed by atoms with Gasteiger partial charge >= 0.3 is 0 Å². The maximum atomic E-state index is 2.28. The van der Waals surface area contributed by atoms with Gasteiger partial charge in [0.1, 0.15) is 6.82 Å². The fraction of sp³-hybridized carbons (Fsp3) is 1.00. The summed E-state index contributed by atoms with van der Waals surface area (Å²) in [5, 5.41) is 0. The van der Waals surface area contributed by atoms with E-state index >= 15 is 0 Å². The molecule has 0 amide bonds. The summed E-state index contributed by atoms with van der Waals surface area (Å²) in [5.41, 5.74) is 0. The summed E-state index contributed by atoms with van der Waals surface area (Å²) in [6.07, 6.45) is 2.63. The second-order valence-corrected chi connectivity index (χ2v) is 12.2. The highest BCUT2D eigenvalue weighted by atomic mass is 32.3. The first-order valence-electron chi connectivity index (χ1n) is 5.50. The molecule has 2 fully saturated rings. The van der Waals surface area contributed by atoms with E-state index in [-0.39, 0.29) is 0 Å². The molecule has 15 heavy (non-hydrogen) atoms. The van der Waals surface area contributed by atoms with Crippen LogP contribution in [0.4, 0.5) is 0 Å². The molecular weight excluding hydrogens is 280 g/mol. The SMILES string of the molecule is CCCSC1(SC2(SCCC)CS2)CS1. The van der Waals surface area contributed by atoms with Crippen LogP contribution in [0, 0.1) is 0 Å². The van der Waals surface area contributed by atoms with Crippen molar-refractivity contribution in [3.05, 3.63) is 0 Å². The molecule has 2 atom stereocenters. The smallest absolute Gasteiger partial charge is 0.118 e. The van der Waals surface area contributed by atoms with E-state index in [1.54, 1.807) is 0 Å². The van der Waals surface area contributed by atoms with Crippen LogP contribution in [0.1, 0.15) is 26.7 Å². The van der Waals surface area contributed by atoms with Crippen LogP contribution in [0.3, 0.4) is 0 Å². The van der Waals surface area contributed by atoms with Gasteiger partial charge in [0.2, 0.25) is 0 Å². The van der Waals surface area contributed by atoms with E-state index < -0.39 is 0 Å². The molecule has 0 radical (unpaired) electrons. The Balaban J connectivity index is 1.75. The molecule has 0 bridgehead atoms.